The molecule has 0 heterocycles. The molecule has 0 aromatic heterocycles. The van der Waals surface area contributed by atoms with E-state index in [2.05, 4.69) is 59.8 Å². The minimum atomic E-state index is -0.197. The number of allylic oxidation sites excluding steroid dienone is 3. The molecule has 1 rings (SSSR count). The maximum Gasteiger partial charge on any atom is 0.302 e. The Balaban J connectivity index is 2.80. The maximum atomic E-state index is 11.2. The minimum Gasteiger partial charge on any atom is -0.462 e. The summed E-state index contributed by atoms with van der Waals surface area (Å²) in [6, 6.07) is 0. The van der Waals surface area contributed by atoms with E-state index in [-0.39, 0.29) is 22.9 Å². The highest BCUT2D eigenvalue weighted by Gasteiger charge is 2.34. The van der Waals surface area contributed by atoms with E-state index in [1.165, 1.54) is 12.5 Å². The first-order valence-electron chi connectivity index (χ1n) is 7.65. The van der Waals surface area contributed by atoms with Crippen molar-refractivity contribution in [2.45, 2.75) is 67.4 Å². The Morgan fingerprint density at radius 3 is 2.55 bits per heavy atom. The molecule has 0 bridgehead atoms. The summed E-state index contributed by atoms with van der Waals surface area (Å²) < 4.78 is 5.45. The monoisotopic (exact) mass is 278 g/mol. The summed E-state index contributed by atoms with van der Waals surface area (Å²) in [5, 5.41) is 0. The number of hydrogen-bond acceptors (Lipinski definition) is 2. The van der Waals surface area contributed by atoms with E-state index in [1.807, 2.05) is 0 Å². The fraction of sp³-hybridized carbons (Fsp3) is 0.722. The lowest BCUT2D eigenvalue weighted by Crippen LogP contribution is -2.31. The zero-order valence-electron chi connectivity index (χ0n) is 14.1. The van der Waals surface area contributed by atoms with Gasteiger partial charge in [0.15, 0.2) is 0 Å². The zero-order chi connectivity index (χ0) is 15.6. The summed E-state index contributed by atoms with van der Waals surface area (Å²) in [6.45, 7) is 14.6. The second kappa shape index (κ2) is 6.15. The first kappa shape index (κ1) is 17.0. The lowest BCUT2D eigenvalue weighted by Gasteiger charge is -2.32. The van der Waals surface area contributed by atoms with Crippen molar-refractivity contribution < 1.29 is 9.53 Å². The molecule has 2 heteroatoms. The molecule has 0 spiro atoms. The average Bonchev–Trinajstić information content (AvgIpc) is 2.58. The van der Waals surface area contributed by atoms with Gasteiger partial charge < -0.3 is 4.74 Å². The van der Waals surface area contributed by atoms with Gasteiger partial charge in [0.05, 0.1) is 0 Å². The molecule has 0 radical (unpaired) electrons. The van der Waals surface area contributed by atoms with Gasteiger partial charge in [-0.15, -0.1) is 0 Å². The van der Waals surface area contributed by atoms with Crippen molar-refractivity contribution in [1.29, 1.82) is 0 Å². The highest BCUT2D eigenvalue weighted by atomic mass is 16.5. The number of ether oxygens (including phenoxy) is 1. The van der Waals surface area contributed by atoms with Crippen LogP contribution in [0.2, 0.25) is 0 Å². The Hall–Kier alpha value is -1.05. The van der Waals surface area contributed by atoms with Crippen LogP contribution in [0.1, 0.15) is 61.3 Å². The third-order valence-corrected chi connectivity index (χ3v) is 4.89. The van der Waals surface area contributed by atoms with E-state index < -0.39 is 0 Å². The Morgan fingerprint density at radius 1 is 1.55 bits per heavy atom. The first-order valence-corrected chi connectivity index (χ1v) is 7.65. The second-order valence-electron chi connectivity index (χ2n) is 7.14. The van der Waals surface area contributed by atoms with Crippen LogP contribution >= 0.6 is 0 Å². The number of carbonyl (C=O) groups is 1. The molecule has 0 aromatic carbocycles. The lowest BCUT2D eigenvalue weighted by molar-refractivity contribution is -0.151. The van der Waals surface area contributed by atoms with Crippen molar-refractivity contribution in [3.05, 3.63) is 23.8 Å². The van der Waals surface area contributed by atoms with E-state index in [4.69, 9.17) is 4.74 Å². The zero-order valence-corrected chi connectivity index (χ0v) is 14.1. The van der Waals surface area contributed by atoms with Crippen molar-refractivity contribution in [3.8, 4) is 0 Å². The van der Waals surface area contributed by atoms with Crippen molar-refractivity contribution in [1.82, 2.24) is 0 Å². The van der Waals surface area contributed by atoms with Gasteiger partial charge in [-0.2, -0.15) is 0 Å². The molecule has 2 nitrogen and oxygen atoms in total. The van der Waals surface area contributed by atoms with Crippen LogP contribution < -0.4 is 0 Å². The van der Waals surface area contributed by atoms with Crippen LogP contribution in [0.4, 0.5) is 0 Å². The summed E-state index contributed by atoms with van der Waals surface area (Å²) >= 11 is 0. The summed E-state index contributed by atoms with van der Waals surface area (Å²) in [5.74, 6) is 0.341. The number of esters is 1. The Kier molecular flexibility index (Phi) is 5.23. The van der Waals surface area contributed by atoms with E-state index in [0.29, 0.717) is 5.92 Å². The molecule has 0 amide bonds. The Labute approximate surface area is 124 Å². The molecule has 0 unspecified atom stereocenters. The summed E-state index contributed by atoms with van der Waals surface area (Å²) in [4.78, 5) is 11.2. The molecular formula is C18H30O2. The van der Waals surface area contributed by atoms with Gasteiger partial charge in [-0.1, -0.05) is 58.4 Å². The second-order valence-corrected chi connectivity index (χ2v) is 7.14. The smallest absolute Gasteiger partial charge is 0.302 e. The number of hydrogen-bond donors (Lipinski definition) is 0. The first-order chi connectivity index (χ1) is 9.11. The van der Waals surface area contributed by atoms with E-state index >= 15 is 0 Å². The Bertz CT molecular complexity index is 413. The molecule has 20 heavy (non-hydrogen) atoms. The van der Waals surface area contributed by atoms with Crippen LogP contribution in [0.5, 0.6) is 0 Å². The fourth-order valence-electron chi connectivity index (χ4n) is 2.91. The summed E-state index contributed by atoms with van der Waals surface area (Å²) in [6.07, 6.45) is 8.78. The lowest BCUT2D eigenvalue weighted by atomic mass is 9.75. The van der Waals surface area contributed by atoms with E-state index in [0.717, 1.165) is 12.8 Å². The average molecular weight is 278 g/mol. The van der Waals surface area contributed by atoms with Gasteiger partial charge in [-0.05, 0) is 31.1 Å². The topological polar surface area (TPSA) is 26.3 Å². The van der Waals surface area contributed by atoms with Crippen LogP contribution in [0.3, 0.4) is 0 Å². The van der Waals surface area contributed by atoms with Crippen molar-refractivity contribution in [2.75, 3.05) is 0 Å². The van der Waals surface area contributed by atoms with Crippen molar-refractivity contribution in [3.63, 3.8) is 0 Å². The molecule has 0 aliphatic heterocycles. The molecule has 2 atom stereocenters. The van der Waals surface area contributed by atoms with Crippen molar-refractivity contribution >= 4 is 5.97 Å². The molecule has 114 valence electrons. The van der Waals surface area contributed by atoms with Crippen LogP contribution in [0.15, 0.2) is 23.8 Å². The van der Waals surface area contributed by atoms with Gasteiger partial charge in [0.25, 0.3) is 0 Å². The third kappa shape index (κ3) is 3.74. The minimum absolute atomic E-state index is 0.0604. The van der Waals surface area contributed by atoms with Gasteiger partial charge in [0, 0.05) is 12.3 Å². The van der Waals surface area contributed by atoms with Gasteiger partial charge in [0.1, 0.15) is 6.10 Å². The summed E-state index contributed by atoms with van der Waals surface area (Å²) in [7, 11) is 0. The van der Waals surface area contributed by atoms with Gasteiger partial charge in [-0.25, -0.2) is 0 Å². The van der Waals surface area contributed by atoms with Crippen LogP contribution in [-0.4, -0.2) is 12.1 Å². The fourth-order valence-corrected chi connectivity index (χ4v) is 2.91. The molecule has 0 aromatic rings. The SMILES string of the molecule is CC[C@@H](OC(C)=O)C(C)(C)/C=C/[C@H]1CC=C(C)C1(C)C. The number of carbonyl (C=O) groups excluding carboxylic acids is 1. The maximum absolute atomic E-state index is 11.2. The molecule has 0 N–H and O–H groups in total. The molecule has 0 saturated heterocycles. The van der Waals surface area contributed by atoms with E-state index in [9.17, 15) is 4.79 Å². The highest BCUT2D eigenvalue weighted by molar-refractivity contribution is 5.66. The van der Waals surface area contributed by atoms with Crippen LogP contribution in [0.25, 0.3) is 0 Å². The quantitative estimate of drug-likeness (QED) is 0.528. The van der Waals surface area contributed by atoms with Crippen LogP contribution in [-0.2, 0) is 9.53 Å². The largest absolute Gasteiger partial charge is 0.462 e. The predicted octanol–water partition coefficient (Wildman–Crippen LogP) is 4.90. The van der Waals surface area contributed by atoms with Gasteiger partial charge >= 0.3 is 5.97 Å². The highest BCUT2D eigenvalue weighted by Crippen LogP contribution is 2.44. The molecule has 1 aliphatic carbocycles. The normalized spacial score (nSPS) is 23.8. The van der Waals surface area contributed by atoms with E-state index in [1.54, 1.807) is 0 Å². The van der Waals surface area contributed by atoms with Crippen molar-refractivity contribution in [2.24, 2.45) is 16.7 Å². The summed E-state index contributed by atoms with van der Waals surface area (Å²) in [5.41, 5.74) is 1.57. The molecule has 0 fully saturated rings. The van der Waals surface area contributed by atoms with Gasteiger partial charge in [-0.3, -0.25) is 4.79 Å². The predicted molar refractivity (Wildman–Crippen MR) is 84.4 cm³/mol. The standard InChI is InChI=1S/C18H30O2/c1-8-16(20-14(3)19)17(4,5)12-11-15-10-9-13(2)18(15,6)7/h9,11-12,15-16H,8,10H2,1-7H3/b12-11+/t15-,16-/m1/s1. The number of rotatable bonds is 5. The molecular weight excluding hydrogens is 248 g/mol. The van der Waals surface area contributed by atoms with Crippen LogP contribution in [0, 0.1) is 16.7 Å². The molecule has 1 aliphatic rings. The Morgan fingerprint density at radius 2 is 2.15 bits per heavy atom. The third-order valence-electron chi connectivity index (χ3n) is 4.89. The van der Waals surface area contributed by atoms with Gasteiger partial charge in [0.2, 0.25) is 0 Å². The molecule has 0 saturated carbocycles.